The van der Waals surface area contributed by atoms with E-state index in [1.807, 2.05) is 0 Å². The summed E-state index contributed by atoms with van der Waals surface area (Å²) >= 11 is 0. The first-order chi connectivity index (χ1) is 29.6. The van der Waals surface area contributed by atoms with Gasteiger partial charge in [-0.2, -0.15) is 0 Å². The topological polar surface area (TPSA) is 61.8 Å². The fourth-order valence-electron chi connectivity index (χ4n) is 7.16. The van der Waals surface area contributed by atoms with E-state index >= 15 is 0 Å². The van der Waals surface area contributed by atoms with E-state index < -0.39 is 6.10 Å². The fraction of sp³-hybridized carbons (Fsp3) is 0.782. The van der Waals surface area contributed by atoms with E-state index in [1.165, 1.54) is 128 Å². The second-order valence-corrected chi connectivity index (χ2v) is 17.0. The predicted molar refractivity (Wildman–Crippen MR) is 261 cm³/mol. The number of hydrogen-bond donors (Lipinski definition) is 0. The molecule has 0 amide bonds. The molecule has 5 heteroatoms. The lowest BCUT2D eigenvalue weighted by atomic mass is 10.1. The van der Waals surface area contributed by atoms with Gasteiger partial charge in [0.1, 0.15) is 6.61 Å². The summed E-state index contributed by atoms with van der Waals surface area (Å²) in [6.07, 6.45) is 63.7. The minimum atomic E-state index is -0.555. The molecule has 0 bridgehead atoms. The molecule has 0 radical (unpaired) electrons. The molecule has 0 saturated heterocycles. The molecule has 0 N–H and O–H groups in total. The van der Waals surface area contributed by atoms with Crippen LogP contribution >= 0.6 is 0 Å². The van der Waals surface area contributed by atoms with Crippen molar-refractivity contribution in [2.75, 3.05) is 19.8 Å². The molecule has 0 aliphatic carbocycles. The van der Waals surface area contributed by atoms with Gasteiger partial charge in [-0.1, -0.05) is 197 Å². The minimum Gasteiger partial charge on any atom is -0.462 e. The highest BCUT2D eigenvalue weighted by Gasteiger charge is 2.17. The molecule has 0 heterocycles. The molecule has 0 aromatic carbocycles. The Hall–Kier alpha value is -2.40. The predicted octanol–water partition coefficient (Wildman–Crippen LogP) is 17.3. The number of allylic oxidation sites excluding steroid dienone is 10. The normalized spacial score (nSPS) is 12.7. The van der Waals surface area contributed by atoms with Gasteiger partial charge in [-0.3, -0.25) is 9.59 Å². The van der Waals surface area contributed by atoms with Crippen molar-refractivity contribution < 1.29 is 23.8 Å². The molecule has 1 atom stereocenters. The maximum atomic E-state index is 12.8. The number of hydrogen-bond acceptors (Lipinski definition) is 5. The van der Waals surface area contributed by atoms with Crippen molar-refractivity contribution in [1.82, 2.24) is 0 Å². The van der Waals surface area contributed by atoms with E-state index in [0.29, 0.717) is 19.4 Å². The first kappa shape index (κ1) is 57.6. The quantitative estimate of drug-likeness (QED) is 0.0347. The van der Waals surface area contributed by atoms with Crippen molar-refractivity contribution in [3.8, 4) is 0 Å². The molecule has 0 fully saturated rings. The number of unbranched alkanes of at least 4 members (excludes halogenated alkanes) is 26. The first-order valence-electron chi connectivity index (χ1n) is 25.8. The Bertz CT molecular complexity index is 1040. The van der Waals surface area contributed by atoms with Crippen LogP contribution in [-0.2, 0) is 23.8 Å². The molecular weight excluding hydrogens is 741 g/mol. The number of esters is 2. The van der Waals surface area contributed by atoms with E-state index in [-0.39, 0.29) is 25.2 Å². The Morgan fingerprint density at radius 3 is 1.22 bits per heavy atom. The van der Waals surface area contributed by atoms with Crippen molar-refractivity contribution in [3.63, 3.8) is 0 Å². The summed E-state index contributed by atoms with van der Waals surface area (Å²) in [6.45, 7) is 7.66. The van der Waals surface area contributed by atoms with Crippen LogP contribution in [0.1, 0.15) is 252 Å². The van der Waals surface area contributed by atoms with Crippen LogP contribution in [0.15, 0.2) is 60.8 Å². The highest BCUT2D eigenvalue weighted by Crippen LogP contribution is 2.14. The van der Waals surface area contributed by atoms with Gasteiger partial charge in [0, 0.05) is 19.4 Å². The third-order valence-corrected chi connectivity index (χ3v) is 11.0. The lowest BCUT2D eigenvalue weighted by Crippen LogP contribution is -2.30. The van der Waals surface area contributed by atoms with Crippen LogP contribution < -0.4 is 0 Å². The van der Waals surface area contributed by atoms with Crippen LogP contribution in [-0.4, -0.2) is 37.9 Å². The maximum absolute atomic E-state index is 12.8. The van der Waals surface area contributed by atoms with Crippen LogP contribution in [0.2, 0.25) is 0 Å². The molecule has 0 aliphatic heterocycles. The van der Waals surface area contributed by atoms with Gasteiger partial charge in [0.2, 0.25) is 0 Å². The zero-order valence-corrected chi connectivity index (χ0v) is 40.0. The Morgan fingerprint density at radius 2 is 0.750 bits per heavy atom. The molecule has 0 aromatic heterocycles. The van der Waals surface area contributed by atoms with Gasteiger partial charge in [0.15, 0.2) is 6.10 Å². The summed E-state index contributed by atoms with van der Waals surface area (Å²) in [7, 11) is 0. The summed E-state index contributed by atoms with van der Waals surface area (Å²) in [5, 5.41) is 0. The van der Waals surface area contributed by atoms with E-state index in [4.69, 9.17) is 14.2 Å². The van der Waals surface area contributed by atoms with Gasteiger partial charge >= 0.3 is 11.9 Å². The molecule has 5 nitrogen and oxygen atoms in total. The molecule has 0 aromatic rings. The molecule has 1 unspecified atom stereocenters. The lowest BCUT2D eigenvalue weighted by Gasteiger charge is -2.18. The zero-order valence-electron chi connectivity index (χ0n) is 40.0. The van der Waals surface area contributed by atoms with Crippen LogP contribution in [0.5, 0.6) is 0 Å². The third-order valence-electron chi connectivity index (χ3n) is 11.0. The molecule has 0 spiro atoms. The third kappa shape index (κ3) is 48.3. The van der Waals surface area contributed by atoms with Crippen molar-refractivity contribution in [3.05, 3.63) is 60.8 Å². The number of carbonyl (C=O) groups is 2. The first-order valence-corrected chi connectivity index (χ1v) is 25.8. The summed E-state index contributed by atoms with van der Waals surface area (Å²) < 4.78 is 17.4. The van der Waals surface area contributed by atoms with Crippen molar-refractivity contribution >= 4 is 11.9 Å². The summed E-state index contributed by atoms with van der Waals surface area (Å²) in [6, 6.07) is 0. The number of rotatable bonds is 47. The Kier molecular flexibility index (Phi) is 48.9. The SMILES string of the molecule is CC/C=C\C/C=C\C/C=C\CCCCCCOCC(COC(=O)CCCCCCC/C=C\CCCCCCCC)OC(=O)CCCCCCC/C=C\CCCCCCCC. The molecule has 348 valence electrons. The van der Waals surface area contributed by atoms with Gasteiger partial charge in [-0.05, 0) is 103 Å². The van der Waals surface area contributed by atoms with Crippen molar-refractivity contribution in [2.45, 2.75) is 258 Å². The van der Waals surface area contributed by atoms with Gasteiger partial charge in [-0.15, -0.1) is 0 Å². The average Bonchev–Trinajstić information content (AvgIpc) is 3.25. The van der Waals surface area contributed by atoms with Crippen molar-refractivity contribution in [1.29, 1.82) is 0 Å². The highest BCUT2D eigenvalue weighted by molar-refractivity contribution is 5.70. The maximum Gasteiger partial charge on any atom is 0.306 e. The smallest absolute Gasteiger partial charge is 0.306 e. The molecule has 0 rings (SSSR count). The van der Waals surface area contributed by atoms with Crippen molar-refractivity contribution in [2.24, 2.45) is 0 Å². The monoisotopic (exact) mass is 839 g/mol. The molecule has 0 saturated carbocycles. The highest BCUT2D eigenvalue weighted by atomic mass is 16.6. The van der Waals surface area contributed by atoms with E-state index in [2.05, 4.69) is 81.5 Å². The van der Waals surface area contributed by atoms with Gasteiger partial charge in [-0.25, -0.2) is 0 Å². The largest absolute Gasteiger partial charge is 0.462 e. The molecule has 60 heavy (non-hydrogen) atoms. The Balaban J connectivity index is 4.32. The lowest BCUT2D eigenvalue weighted by molar-refractivity contribution is -0.163. The van der Waals surface area contributed by atoms with E-state index in [0.717, 1.165) is 89.9 Å². The summed E-state index contributed by atoms with van der Waals surface area (Å²) in [4.78, 5) is 25.4. The summed E-state index contributed by atoms with van der Waals surface area (Å²) in [5.74, 6) is -0.425. The fourth-order valence-corrected chi connectivity index (χ4v) is 7.16. The van der Waals surface area contributed by atoms with Crippen LogP contribution in [0.4, 0.5) is 0 Å². The van der Waals surface area contributed by atoms with Gasteiger partial charge < -0.3 is 14.2 Å². The van der Waals surface area contributed by atoms with Gasteiger partial charge in [0.25, 0.3) is 0 Å². The summed E-state index contributed by atoms with van der Waals surface area (Å²) in [5.41, 5.74) is 0. The molecular formula is C55H98O5. The Morgan fingerprint density at radius 1 is 0.383 bits per heavy atom. The average molecular weight is 839 g/mol. The van der Waals surface area contributed by atoms with E-state index in [1.54, 1.807) is 0 Å². The van der Waals surface area contributed by atoms with E-state index in [9.17, 15) is 9.59 Å². The Labute approximate surface area is 373 Å². The minimum absolute atomic E-state index is 0.0684. The van der Waals surface area contributed by atoms with Gasteiger partial charge in [0.05, 0.1) is 6.61 Å². The van der Waals surface area contributed by atoms with Crippen LogP contribution in [0.25, 0.3) is 0 Å². The molecule has 0 aliphatic rings. The second-order valence-electron chi connectivity index (χ2n) is 17.0. The second kappa shape index (κ2) is 51.0. The zero-order chi connectivity index (χ0) is 43.5. The number of carbonyl (C=O) groups excluding carboxylic acids is 2. The van der Waals surface area contributed by atoms with Crippen LogP contribution in [0.3, 0.4) is 0 Å². The van der Waals surface area contributed by atoms with Crippen LogP contribution in [0, 0.1) is 0 Å². The number of ether oxygens (including phenoxy) is 3. The standard InChI is InChI=1S/C55H98O5/c1-4-7-10-13-16-19-22-25-28-30-33-36-39-42-45-48-54(56)59-52-53(51-58-50-47-44-41-38-35-32-27-24-21-18-15-12-9-6-3)60-55(57)49-46-43-40-37-34-31-29-26-23-20-17-14-11-8-5-2/h9,12,18,21,25-29,32,53H,4-8,10-11,13-17,19-20,22-24,30-31,33-52H2,1-3H3/b12-9-,21-18-,28-25-,29-26-,32-27-.